The molecule has 8 rings (SSSR count). The zero-order chi connectivity index (χ0) is 33.1. The first-order valence-corrected chi connectivity index (χ1v) is 16.0. The van der Waals surface area contributed by atoms with Gasteiger partial charge in [-0.25, -0.2) is 4.98 Å². The zero-order valence-corrected chi connectivity index (χ0v) is 26.5. The Kier molecular flexibility index (Phi) is 7.44. The first kappa shape index (κ1) is 30.2. The molecule has 214 valence electrons. The molecular formula is C41H25B5N2. The van der Waals surface area contributed by atoms with Crippen molar-refractivity contribution in [3.8, 4) is 39.1 Å². The molecular weight excluding hydrogens is 575 g/mol. The van der Waals surface area contributed by atoms with Crippen LogP contribution in [0, 0.1) is 0 Å². The third-order valence-corrected chi connectivity index (χ3v) is 9.46. The summed E-state index contributed by atoms with van der Waals surface area (Å²) in [5.41, 5.74) is 10.2. The van der Waals surface area contributed by atoms with Crippen molar-refractivity contribution in [2.24, 2.45) is 0 Å². The van der Waals surface area contributed by atoms with E-state index in [0.717, 1.165) is 72.8 Å². The van der Waals surface area contributed by atoms with Gasteiger partial charge in [-0.2, -0.15) is 0 Å². The molecule has 1 aromatic heterocycles. The summed E-state index contributed by atoms with van der Waals surface area (Å²) in [6.45, 7) is 2.14. The molecule has 0 spiro atoms. The molecule has 0 saturated heterocycles. The summed E-state index contributed by atoms with van der Waals surface area (Å²) >= 11 is 0. The lowest BCUT2D eigenvalue weighted by molar-refractivity contribution is 0.908. The van der Waals surface area contributed by atoms with Gasteiger partial charge in [-0.3, -0.25) is 4.57 Å². The Morgan fingerprint density at radius 2 is 0.938 bits per heavy atom. The Balaban J connectivity index is 1.38. The van der Waals surface area contributed by atoms with Gasteiger partial charge in [0.25, 0.3) is 0 Å². The minimum absolute atomic E-state index is 0.199. The summed E-state index contributed by atoms with van der Waals surface area (Å²) < 4.78 is 2.25. The van der Waals surface area contributed by atoms with Crippen molar-refractivity contribution in [2.45, 2.75) is 13.3 Å². The van der Waals surface area contributed by atoms with E-state index >= 15 is 0 Å². The number of rotatable bonds is 5. The topological polar surface area (TPSA) is 17.8 Å². The van der Waals surface area contributed by atoms with Crippen molar-refractivity contribution in [3.63, 3.8) is 0 Å². The maximum Gasteiger partial charge on any atom is 0.114 e. The molecule has 0 aliphatic carbocycles. The van der Waals surface area contributed by atoms with Gasteiger partial charge < -0.3 is 0 Å². The molecule has 0 aliphatic rings. The third kappa shape index (κ3) is 4.59. The summed E-state index contributed by atoms with van der Waals surface area (Å²) in [6.07, 6.45) is 0.835. The van der Waals surface area contributed by atoms with E-state index in [9.17, 15) is 0 Å². The van der Waals surface area contributed by atoms with Crippen molar-refractivity contribution >= 4 is 99.1 Å². The van der Waals surface area contributed by atoms with Gasteiger partial charge in [0.05, 0.1) is 11.0 Å². The average molecular weight is 600 g/mol. The number of nitrogens with zero attached hydrogens (tertiary/aromatic N) is 2. The van der Waals surface area contributed by atoms with E-state index in [2.05, 4.69) is 109 Å². The number of hydrogen-bond donors (Lipinski definition) is 0. The Labute approximate surface area is 287 Å². The standard InChI is InChI=1S/C41H25B5N2/c1-2-33-47-31-17-9-10-18-32(31)48(33)24-21-19-23(20-22-24)34-25-11-3-5-13-27(25)35(28-14-6-4-12-26(28)34)29-15-7-8-16-30(29)36-37(42)39(44)41(46)40(45)38(36)43/h3-22H,2H2,1H3. The molecule has 0 unspecified atom stereocenters. The molecule has 0 bridgehead atoms. The van der Waals surface area contributed by atoms with E-state index < -0.39 is 0 Å². The van der Waals surface area contributed by atoms with Crippen LogP contribution in [-0.2, 0) is 6.42 Å². The van der Waals surface area contributed by atoms with Gasteiger partial charge in [0, 0.05) is 12.1 Å². The van der Waals surface area contributed by atoms with Gasteiger partial charge in [-0.1, -0.05) is 115 Å². The van der Waals surface area contributed by atoms with Crippen LogP contribution in [0.2, 0.25) is 0 Å². The molecule has 7 heteroatoms. The maximum absolute atomic E-state index is 6.61. The lowest BCUT2D eigenvalue weighted by Crippen LogP contribution is -2.55. The molecule has 8 aromatic rings. The van der Waals surface area contributed by atoms with E-state index in [4.69, 9.17) is 44.2 Å². The lowest BCUT2D eigenvalue weighted by atomic mass is 9.59. The van der Waals surface area contributed by atoms with Crippen molar-refractivity contribution < 1.29 is 0 Å². The summed E-state index contributed by atoms with van der Waals surface area (Å²) in [4.78, 5) is 4.89. The summed E-state index contributed by atoms with van der Waals surface area (Å²) in [5.74, 6) is 1.04. The molecule has 0 N–H and O–H groups in total. The highest BCUT2D eigenvalue weighted by atomic mass is 15.1. The fraction of sp³-hybridized carbons (Fsp3) is 0.0488. The highest BCUT2D eigenvalue weighted by Gasteiger charge is 2.21. The second kappa shape index (κ2) is 11.8. The van der Waals surface area contributed by atoms with Crippen molar-refractivity contribution in [1.82, 2.24) is 9.55 Å². The third-order valence-electron chi connectivity index (χ3n) is 9.46. The molecule has 0 atom stereocenters. The molecule has 48 heavy (non-hydrogen) atoms. The van der Waals surface area contributed by atoms with Gasteiger partial charge >= 0.3 is 0 Å². The summed E-state index contributed by atoms with van der Waals surface area (Å²) in [6, 6.07) is 42.3. The van der Waals surface area contributed by atoms with Crippen LogP contribution in [0.3, 0.4) is 0 Å². The summed E-state index contributed by atoms with van der Waals surface area (Å²) in [7, 11) is 32.1. The molecule has 1 heterocycles. The highest BCUT2D eigenvalue weighted by Crippen LogP contribution is 2.45. The monoisotopic (exact) mass is 600 g/mol. The maximum atomic E-state index is 6.61. The van der Waals surface area contributed by atoms with Gasteiger partial charge in [0.15, 0.2) is 0 Å². The second-order valence-corrected chi connectivity index (χ2v) is 12.1. The van der Waals surface area contributed by atoms with E-state index in [1.54, 1.807) is 0 Å². The predicted octanol–water partition coefficient (Wildman–Crippen LogP) is 4.86. The van der Waals surface area contributed by atoms with Crippen molar-refractivity contribution in [1.29, 1.82) is 0 Å². The first-order valence-electron chi connectivity index (χ1n) is 16.0. The van der Waals surface area contributed by atoms with Gasteiger partial charge in [0.2, 0.25) is 0 Å². The van der Waals surface area contributed by atoms with Crippen LogP contribution in [-0.4, -0.2) is 48.8 Å². The second-order valence-electron chi connectivity index (χ2n) is 12.1. The number of fused-ring (bicyclic) bond motifs is 3. The summed E-state index contributed by atoms with van der Waals surface area (Å²) in [5, 5.41) is 4.47. The number of aromatic nitrogens is 2. The molecule has 0 fully saturated rings. The SMILES string of the molecule is [B]c1c([B])c([B])c(-c2ccccc2-c2c3ccccc3c(-c3ccc(-n4c(CC)nc5ccccc54)cc3)c3ccccc23)c([B])c1[B]. The Hall–Kier alpha value is -5.15. The zero-order valence-electron chi connectivity index (χ0n) is 26.5. The van der Waals surface area contributed by atoms with E-state index in [0.29, 0.717) is 16.5 Å². The smallest absolute Gasteiger partial charge is 0.114 e. The van der Waals surface area contributed by atoms with E-state index in [1.165, 1.54) is 5.56 Å². The van der Waals surface area contributed by atoms with E-state index in [1.807, 2.05) is 24.3 Å². The first-order chi connectivity index (χ1) is 23.4. The van der Waals surface area contributed by atoms with Crippen molar-refractivity contribution in [2.75, 3.05) is 0 Å². The molecule has 0 amide bonds. The lowest BCUT2D eigenvalue weighted by Gasteiger charge is -2.24. The largest absolute Gasteiger partial charge is 0.296 e. The highest BCUT2D eigenvalue weighted by molar-refractivity contribution is 6.68. The van der Waals surface area contributed by atoms with Gasteiger partial charge in [-0.15, -0.1) is 16.4 Å². The van der Waals surface area contributed by atoms with Crippen LogP contribution in [0.5, 0.6) is 0 Å². The fourth-order valence-corrected chi connectivity index (χ4v) is 7.17. The predicted molar refractivity (Wildman–Crippen MR) is 209 cm³/mol. The minimum Gasteiger partial charge on any atom is -0.296 e. The minimum atomic E-state index is 0.199. The normalized spacial score (nSPS) is 11.5. The van der Waals surface area contributed by atoms with Gasteiger partial charge in [0.1, 0.15) is 45.1 Å². The molecule has 10 radical (unpaired) electrons. The number of para-hydroxylation sites is 2. The Morgan fingerprint density at radius 1 is 0.479 bits per heavy atom. The molecule has 0 aliphatic heterocycles. The van der Waals surface area contributed by atoms with Crippen LogP contribution in [0.4, 0.5) is 0 Å². The van der Waals surface area contributed by atoms with Crippen LogP contribution in [0.1, 0.15) is 12.7 Å². The van der Waals surface area contributed by atoms with Crippen LogP contribution in [0.15, 0.2) is 121 Å². The van der Waals surface area contributed by atoms with Crippen LogP contribution >= 0.6 is 0 Å². The van der Waals surface area contributed by atoms with Crippen molar-refractivity contribution in [3.05, 3.63) is 127 Å². The number of hydrogen-bond acceptors (Lipinski definition) is 1. The molecule has 0 saturated carbocycles. The van der Waals surface area contributed by atoms with Crippen LogP contribution < -0.4 is 27.3 Å². The average Bonchev–Trinajstić information content (AvgIpc) is 3.51. The molecule has 7 aromatic carbocycles. The molecule has 2 nitrogen and oxygen atoms in total. The number of benzene rings is 7. The van der Waals surface area contributed by atoms with Gasteiger partial charge in [-0.05, 0) is 79.2 Å². The Morgan fingerprint density at radius 3 is 1.50 bits per heavy atom. The van der Waals surface area contributed by atoms with Crippen LogP contribution in [0.25, 0.3) is 71.6 Å². The fourth-order valence-electron chi connectivity index (χ4n) is 7.17. The number of imidazole rings is 1. The quantitative estimate of drug-likeness (QED) is 0.204. The van der Waals surface area contributed by atoms with E-state index in [-0.39, 0.29) is 16.4 Å². The number of aryl methyl sites for hydroxylation is 1. The Bertz CT molecular complexity index is 2470.